The molecule has 0 aliphatic carbocycles. The van der Waals surface area contributed by atoms with Crippen molar-refractivity contribution in [2.24, 2.45) is 5.92 Å². The fourth-order valence-electron chi connectivity index (χ4n) is 2.53. The highest BCUT2D eigenvalue weighted by molar-refractivity contribution is 5.94. The maximum Gasteiger partial charge on any atom is 0.328 e. The van der Waals surface area contributed by atoms with Gasteiger partial charge >= 0.3 is 11.9 Å². The molecule has 0 spiro atoms. The van der Waals surface area contributed by atoms with Crippen LogP contribution in [-0.2, 0) is 28.7 Å². The van der Waals surface area contributed by atoms with Crippen LogP contribution < -0.4 is 15.4 Å². The van der Waals surface area contributed by atoms with E-state index in [0.717, 1.165) is 5.56 Å². The van der Waals surface area contributed by atoms with Crippen LogP contribution in [0.1, 0.15) is 32.8 Å². The molecule has 0 aliphatic rings. The molecule has 0 aromatic heterocycles. The van der Waals surface area contributed by atoms with Crippen molar-refractivity contribution in [3.05, 3.63) is 35.9 Å². The smallest absolute Gasteiger partial charge is 0.328 e. The quantitative estimate of drug-likeness (QED) is 0.400. The summed E-state index contributed by atoms with van der Waals surface area (Å²) in [5.41, 5.74) is 0.782. The van der Waals surface area contributed by atoms with Crippen LogP contribution >= 0.6 is 0 Å². The lowest BCUT2D eigenvalue weighted by Gasteiger charge is -2.18. The lowest BCUT2D eigenvalue weighted by molar-refractivity contribution is -0.152. The zero-order valence-electron chi connectivity index (χ0n) is 18.5. The molecule has 0 saturated carbocycles. The van der Waals surface area contributed by atoms with Gasteiger partial charge in [-0.05, 0) is 43.0 Å². The Bertz CT molecular complexity index is 788. The largest absolute Gasteiger partial charge is 0.497 e. The minimum Gasteiger partial charge on any atom is -0.497 e. The maximum atomic E-state index is 12.0. The molecule has 0 bridgehead atoms. The molecular weight excluding hydrogens is 404 g/mol. The van der Waals surface area contributed by atoms with Crippen LogP contribution in [0.5, 0.6) is 5.75 Å². The molecule has 2 N–H and O–H groups in total. The molecule has 0 heterocycles. The second kappa shape index (κ2) is 13.0. The highest BCUT2D eigenvalue weighted by atomic mass is 16.5. The monoisotopic (exact) mass is 434 g/mol. The van der Waals surface area contributed by atoms with Crippen LogP contribution in [0.25, 0.3) is 6.08 Å². The molecule has 0 saturated heterocycles. The van der Waals surface area contributed by atoms with Crippen LogP contribution in [0.3, 0.4) is 0 Å². The van der Waals surface area contributed by atoms with Gasteiger partial charge in [-0.15, -0.1) is 0 Å². The summed E-state index contributed by atoms with van der Waals surface area (Å²) in [7, 11) is 2.79. The molecule has 170 valence electrons. The molecule has 1 aromatic rings. The topological polar surface area (TPSA) is 120 Å². The normalized spacial score (nSPS) is 12.7. The molecule has 0 fully saturated rings. The Hall–Kier alpha value is -3.36. The van der Waals surface area contributed by atoms with E-state index in [1.165, 1.54) is 20.1 Å². The Morgan fingerprint density at radius 3 is 2.16 bits per heavy atom. The number of hydrogen-bond acceptors (Lipinski definition) is 7. The van der Waals surface area contributed by atoms with Gasteiger partial charge in [0, 0.05) is 6.08 Å². The summed E-state index contributed by atoms with van der Waals surface area (Å²) in [6.07, 6.45) is 3.26. The van der Waals surface area contributed by atoms with Gasteiger partial charge in [-0.25, -0.2) is 9.59 Å². The van der Waals surface area contributed by atoms with Gasteiger partial charge in [0.1, 0.15) is 17.8 Å². The molecule has 0 radical (unpaired) electrons. The molecule has 1 rings (SSSR count). The minimum absolute atomic E-state index is 0.146. The molecule has 2 atom stereocenters. The van der Waals surface area contributed by atoms with E-state index in [2.05, 4.69) is 15.4 Å². The number of esters is 2. The molecule has 2 amide bonds. The van der Waals surface area contributed by atoms with Crippen LogP contribution in [-0.4, -0.2) is 56.7 Å². The summed E-state index contributed by atoms with van der Waals surface area (Å²) >= 11 is 0. The van der Waals surface area contributed by atoms with E-state index in [0.29, 0.717) is 12.2 Å². The summed E-state index contributed by atoms with van der Waals surface area (Å²) in [6, 6.07) is 5.28. The van der Waals surface area contributed by atoms with Crippen molar-refractivity contribution in [2.45, 2.75) is 39.3 Å². The van der Waals surface area contributed by atoms with Crippen LogP contribution in [0.2, 0.25) is 0 Å². The average Bonchev–Trinajstić information content (AvgIpc) is 2.74. The third-order valence-electron chi connectivity index (χ3n) is 4.13. The number of rotatable bonds is 11. The summed E-state index contributed by atoms with van der Waals surface area (Å²) in [5.74, 6) is -1.63. The SMILES string of the molecule is COC(=O)C(CC(C)C)NC(=O)COC(=O)[C@H](C)NC(=O)/C=C/c1ccc(OC)cc1. The fourth-order valence-corrected chi connectivity index (χ4v) is 2.53. The van der Waals surface area contributed by atoms with Gasteiger partial charge in [0.25, 0.3) is 5.91 Å². The molecule has 0 aliphatic heterocycles. The third kappa shape index (κ3) is 9.79. The lowest BCUT2D eigenvalue weighted by atomic mass is 10.0. The summed E-state index contributed by atoms with van der Waals surface area (Å²) in [4.78, 5) is 47.8. The first-order chi connectivity index (χ1) is 14.7. The van der Waals surface area contributed by atoms with Crippen molar-refractivity contribution in [1.82, 2.24) is 10.6 Å². The Kier molecular flexibility index (Phi) is 10.8. The number of carbonyl (C=O) groups is 4. The molecule has 1 aromatic carbocycles. The number of methoxy groups -OCH3 is 2. The molecule has 9 heteroatoms. The van der Waals surface area contributed by atoms with Gasteiger partial charge in [-0.2, -0.15) is 0 Å². The van der Waals surface area contributed by atoms with Gasteiger partial charge in [-0.1, -0.05) is 26.0 Å². The lowest BCUT2D eigenvalue weighted by Crippen LogP contribution is -2.45. The first kappa shape index (κ1) is 25.7. The fraction of sp³-hybridized carbons (Fsp3) is 0.455. The summed E-state index contributed by atoms with van der Waals surface area (Å²) in [6.45, 7) is 4.66. The van der Waals surface area contributed by atoms with Crippen LogP contribution in [0.4, 0.5) is 0 Å². The van der Waals surface area contributed by atoms with Crippen LogP contribution in [0, 0.1) is 5.92 Å². The van der Waals surface area contributed by atoms with E-state index < -0.39 is 42.4 Å². The molecular formula is C22H30N2O7. The summed E-state index contributed by atoms with van der Waals surface area (Å²) < 4.78 is 14.6. The second-order valence-corrected chi connectivity index (χ2v) is 7.22. The number of ether oxygens (including phenoxy) is 3. The molecule has 9 nitrogen and oxygen atoms in total. The zero-order valence-corrected chi connectivity index (χ0v) is 18.5. The number of amides is 2. The molecule has 1 unspecified atom stereocenters. The van der Waals surface area contributed by atoms with Crippen molar-refractivity contribution < 1.29 is 33.4 Å². The van der Waals surface area contributed by atoms with Crippen molar-refractivity contribution in [3.63, 3.8) is 0 Å². The Balaban J connectivity index is 2.47. The maximum absolute atomic E-state index is 12.0. The van der Waals surface area contributed by atoms with E-state index in [1.807, 2.05) is 13.8 Å². The van der Waals surface area contributed by atoms with Gasteiger partial charge in [0.05, 0.1) is 14.2 Å². The van der Waals surface area contributed by atoms with Crippen molar-refractivity contribution in [2.75, 3.05) is 20.8 Å². The molecule has 31 heavy (non-hydrogen) atoms. The summed E-state index contributed by atoms with van der Waals surface area (Å²) in [5, 5.41) is 4.94. The number of carbonyl (C=O) groups excluding carboxylic acids is 4. The number of benzene rings is 1. The van der Waals surface area contributed by atoms with Gasteiger partial charge < -0.3 is 24.8 Å². The van der Waals surface area contributed by atoms with Gasteiger partial charge in [0.15, 0.2) is 6.61 Å². The van der Waals surface area contributed by atoms with E-state index in [-0.39, 0.29) is 5.92 Å². The first-order valence-electron chi connectivity index (χ1n) is 9.82. The first-order valence-corrected chi connectivity index (χ1v) is 9.82. The van der Waals surface area contributed by atoms with Gasteiger partial charge in [0.2, 0.25) is 5.91 Å². The van der Waals surface area contributed by atoms with E-state index in [4.69, 9.17) is 9.47 Å². The van der Waals surface area contributed by atoms with E-state index in [1.54, 1.807) is 37.5 Å². The minimum atomic E-state index is -0.965. The number of hydrogen-bond donors (Lipinski definition) is 2. The Morgan fingerprint density at radius 1 is 0.968 bits per heavy atom. The Morgan fingerprint density at radius 2 is 1.61 bits per heavy atom. The Labute approximate surface area is 182 Å². The van der Waals surface area contributed by atoms with E-state index in [9.17, 15) is 19.2 Å². The second-order valence-electron chi connectivity index (χ2n) is 7.22. The van der Waals surface area contributed by atoms with Gasteiger partial charge in [-0.3, -0.25) is 9.59 Å². The third-order valence-corrected chi connectivity index (χ3v) is 4.13. The highest BCUT2D eigenvalue weighted by Crippen LogP contribution is 2.12. The number of nitrogens with one attached hydrogen (secondary N) is 2. The van der Waals surface area contributed by atoms with E-state index >= 15 is 0 Å². The predicted octanol–water partition coefficient (Wildman–Crippen LogP) is 1.46. The van der Waals surface area contributed by atoms with Crippen molar-refractivity contribution in [1.29, 1.82) is 0 Å². The highest BCUT2D eigenvalue weighted by Gasteiger charge is 2.24. The van der Waals surface area contributed by atoms with Crippen LogP contribution in [0.15, 0.2) is 30.3 Å². The predicted molar refractivity (Wildman–Crippen MR) is 114 cm³/mol. The van der Waals surface area contributed by atoms with Crippen molar-refractivity contribution >= 4 is 29.8 Å². The average molecular weight is 434 g/mol. The van der Waals surface area contributed by atoms with Crippen molar-refractivity contribution in [3.8, 4) is 5.75 Å². The zero-order chi connectivity index (χ0) is 23.4. The standard InChI is InChI=1S/C22H30N2O7/c1-14(2)12-18(22(28)30-5)24-20(26)13-31-21(27)15(3)23-19(25)11-8-16-6-9-17(29-4)10-7-16/h6-11,14-15,18H,12-13H2,1-5H3,(H,23,25)(H,24,26)/b11-8+/t15-,18?/m0/s1.